The van der Waals surface area contributed by atoms with Gasteiger partial charge in [0.2, 0.25) is 5.91 Å². The minimum atomic E-state index is -0.176. The lowest BCUT2D eigenvalue weighted by molar-refractivity contribution is -0.133. The molecule has 1 aliphatic heterocycles. The Hall–Kier alpha value is -2.48. The summed E-state index contributed by atoms with van der Waals surface area (Å²) in [5.41, 5.74) is 1.55. The smallest absolute Gasteiger partial charge is 0.244 e. The number of pyridine rings is 1. The number of nitrogens with zero attached hydrogens (tertiary/aromatic N) is 5. The first-order chi connectivity index (χ1) is 11.2. The number of amides is 1. The first-order valence-electron chi connectivity index (χ1n) is 7.64. The minimum absolute atomic E-state index is 0.00436. The maximum atomic E-state index is 12.6. The molecule has 0 aromatic carbocycles. The molecule has 3 heterocycles. The number of aliphatic hydroxyl groups excluding tert-OH is 1. The van der Waals surface area contributed by atoms with Crippen LogP contribution in [0.3, 0.4) is 0 Å². The number of aliphatic hydroxyl groups is 1. The summed E-state index contributed by atoms with van der Waals surface area (Å²) in [6.07, 6.45) is 5.27. The van der Waals surface area contributed by atoms with E-state index in [9.17, 15) is 4.79 Å². The Morgan fingerprint density at radius 1 is 1.52 bits per heavy atom. The van der Waals surface area contributed by atoms with Gasteiger partial charge in [-0.25, -0.2) is 9.67 Å². The van der Waals surface area contributed by atoms with Gasteiger partial charge >= 0.3 is 0 Å². The lowest BCUT2D eigenvalue weighted by Crippen LogP contribution is -2.33. The van der Waals surface area contributed by atoms with Crippen LogP contribution < -0.4 is 5.32 Å². The molecule has 0 saturated carbocycles. The zero-order valence-electron chi connectivity index (χ0n) is 13.0. The van der Waals surface area contributed by atoms with Gasteiger partial charge in [-0.15, -0.1) is 5.10 Å². The molecule has 1 unspecified atom stereocenters. The first-order valence-corrected chi connectivity index (χ1v) is 7.64. The zero-order chi connectivity index (χ0) is 16.2. The molecule has 122 valence electrons. The van der Waals surface area contributed by atoms with Crippen LogP contribution in [0.5, 0.6) is 0 Å². The molecule has 1 aliphatic rings. The molecule has 0 aliphatic carbocycles. The van der Waals surface area contributed by atoms with Crippen LogP contribution in [0.25, 0.3) is 0 Å². The molecule has 8 nitrogen and oxygen atoms in total. The normalized spacial score (nSPS) is 17.5. The summed E-state index contributed by atoms with van der Waals surface area (Å²) < 4.78 is 1.47. The van der Waals surface area contributed by atoms with Gasteiger partial charge in [0.1, 0.15) is 18.1 Å². The number of nitrogens with one attached hydrogen (secondary N) is 1. The van der Waals surface area contributed by atoms with Crippen molar-refractivity contribution < 1.29 is 9.90 Å². The largest absolute Gasteiger partial charge is 0.390 e. The predicted molar refractivity (Wildman–Crippen MR) is 83.4 cm³/mol. The van der Waals surface area contributed by atoms with Gasteiger partial charge in [-0.1, -0.05) is 5.21 Å². The highest BCUT2D eigenvalue weighted by molar-refractivity contribution is 5.76. The number of aromatic nitrogens is 4. The van der Waals surface area contributed by atoms with Crippen LogP contribution in [0, 0.1) is 0 Å². The Kier molecular flexibility index (Phi) is 4.52. The molecule has 23 heavy (non-hydrogen) atoms. The summed E-state index contributed by atoms with van der Waals surface area (Å²) in [7, 11) is 1.83. The van der Waals surface area contributed by atoms with E-state index in [-0.39, 0.29) is 25.1 Å². The van der Waals surface area contributed by atoms with Crippen molar-refractivity contribution in [2.45, 2.75) is 32.0 Å². The molecule has 1 atom stereocenters. The van der Waals surface area contributed by atoms with Crippen molar-refractivity contribution in [3.8, 4) is 0 Å². The molecule has 0 radical (unpaired) electrons. The Labute approximate surface area is 134 Å². The summed E-state index contributed by atoms with van der Waals surface area (Å²) in [6, 6.07) is 4.00. The van der Waals surface area contributed by atoms with Crippen molar-refractivity contribution in [2.24, 2.45) is 0 Å². The SMILES string of the molecule is CNc1cc(C2CCCN2C(=O)Cn2cc(CO)nn2)ccn1. The van der Waals surface area contributed by atoms with Gasteiger partial charge in [0.05, 0.1) is 18.8 Å². The summed E-state index contributed by atoms with van der Waals surface area (Å²) in [6.45, 7) is 0.695. The number of anilines is 1. The molecule has 8 heteroatoms. The van der Waals surface area contributed by atoms with E-state index in [1.54, 1.807) is 12.4 Å². The summed E-state index contributed by atoms with van der Waals surface area (Å²) >= 11 is 0. The molecular formula is C15H20N6O2. The number of hydrogen-bond donors (Lipinski definition) is 2. The molecule has 2 aromatic heterocycles. The molecule has 1 amide bonds. The third-order valence-corrected chi connectivity index (χ3v) is 4.04. The van der Waals surface area contributed by atoms with E-state index in [0.29, 0.717) is 5.69 Å². The highest BCUT2D eigenvalue weighted by Gasteiger charge is 2.30. The van der Waals surface area contributed by atoms with Gasteiger partial charge in [0.25, 0.3) is 0 Å². The van der Waals surface area contributed by atoms with E-state index in [4.69, 9.17) is 5.11 Å². The van der Waals surface area contributed by atoms with Gasteiger partial charge in [-0.3, -0.25) is 4.79 Å². The molecule has 2 aromatic rings. The van der Waals surface area contributed by atoms with E-state index in [2.05, 4.69) is 20.6 Å². The second kappa shape index (κ2) is 6.74. The van der Waals surface area contributed by atoms with E-state index in [1.807, 2.05) is 24.1 Å². The van der Waals surface area contributed by atoms with Crippen LogP contribution in [0.2, 0.25) is 0 Å². The van der Waals surface area contributed by atoms with Crippen LogP contribution in [-0.4, -0.2) is 49.5 Å². The lowest BCUT2D eigenvalue weighted by atomic mass is 10.1. The summed E-state index contributed by atoms with van der Waals surface area (Å²) in [4.78, 5) is 18.7. The van der Waals surface area contributed by atoms with Crippen LogP contribution in [0.15, 0.2) is 24.5 Å². The number of rotatable bonds is 5. The molecule has 0 spiro atoms. The number of carbonyl (C=O) groups excluding carboxylic acids is 1. The average Bonchev–Trinajstić information content (AvgIpc) is 3.23. The van der Waals surface area contributed by atoms with Gasteiger partial charge in [0, 0.05) is 19.8 Å². The topological polar surface area (TPSA) is 96.2 Å². The van der Waals surface area contributed by atoms with Gasteiger partial charge in [-0.05, 0) is 30.5 Å². The van der Waals surface area contributed by atoms with Crippen LogP contribution in [0.4, 0.5) is 5.82 Å². The minimum Gasteiger partial charge on any atom is -0.390 e. The lowest BCUT2D eigenvalue weighted by Gasteiger charge is -2.25. The monoisotopic (exact) mass is 316 g/mol. The highest BCUT2D eigenvalue weighted by atomic mass is 16.3. The Balaban J connectivity index is 1.73. The first kappa shape index (κ1) is 15.4. The van der Waals surface area contributed by atoms with E-state index in [1.165, 1.54) is 4.68 Å². The molecule has 1 fully saturated rings. The second-order valence-electron chi connectivity index (χ2n) is 5.54. The van der Waals surface area contributed by atoms with Crippen molar-refractivity contribution in [3.05, 3.63) is 35.8 Å². The third-order valence-electron chi connectivity index (χ3n) is 4.04. The maximum absolute atomic E-state index is 12.6. The predicted octanol–water partition coefficient (Wildman–Crippen LogP) is 0.571. The molecule has 2 N–H and O–H groups in total. The quantitative estimate of drug-likeness (QED) is 0.837. The van der Waals surface area contributed by atoms with Gasteiger partial charge < -0.3 is 15.3 Å². The Morgan fingerprint density at radius 3 is 3.13 bits per heavy atom. The van der Waals surface area contributed by atoms with E-state index in [0.717, 1.165) is 30.8 Å². The Morgan fingerprint density at radius 2 is 2.39 bits per heavy atom. The van der Waals surface area contributed by atoms with Crippen molar-refractivity contribution in [1.29, 1.82) is 0 Å². The van der Waals surface area contributed by atoms with Crippen molar-refractivity contribution in [1.82, 2.24) is 24.9 Å². The fourth-order valence-corrected chi connectivity index (χ4v) is 2.92. The zero-order valence-corrected chi connectivity index (χ0v) is 13.0. The summed E-state index contributed by atoms with van der Waals surface area (Å²) in [5.74, 6) is 0.801. The van der Waals surface area contributed by atoms with Crippen LogP contribution in [0.1, 0.15) is 30.1 Å². The van der Waals surface area contributed by atoms with Crippen molar-refractivity contribution in [2.75, 3.05) is 18.9 Å². The summed E-state index contributed by atoms with van der Waals surface area (Å²) in [5, 5.41) is 19.7. The molecule has 3 rings (SSSR count). The number of likely N-dealkylation sites (tertiary alicyclic amines) is 1. The van der Waals surface area contributed by atoms with Gasteiger partial charge in [0.15, 0.2) is 0 Å². The van der Waals surface area contributed by atoms with E-state index < -0.39 is 0 Å². The third kappa shape index (κ3) is 3.31. The molecule has 1 saturated heterocycles. The number of hydrogen-bond acceptors (Lipinski definition) is 6. The fraction of sp³-hybridized carbons (Fsp3) is 0.467. The fourth-order valence-electron chi connectivity index (χ4n) is 2.92. The molecular weight excluding hydrogens is 296 g/mol. The Bertz CT molecular complexity index is 686. The van der Waals surface area contributed by atoms with Crippen LogP contribution in [-0.2, 0) is 17.9 Å². The van der Waals surface area contributed by atoms with Crippen molar-refractivity contribution >= 4 is 11.7 Å². The maximum Gasteiger partial charge on any atom is 0.244 e. The highest BCUT2D eigenvalue weighted by Crippen LogP contribution is 2.32. The van der Waals surface area contributed by atoms with Crippen LogP contribution >= 0.6 is 0 Å². The average molecular weight is 316 g/mol. The van der Waals surface area contributed by atoms with Gasteiger partial charge in [-0.2, -0.15) is 0 Å². The molecule has 0 bridgehead atoms. The standard InChI is InChI=1S/C15H20N6O2/c1-16-14-7-11(4-5-17-14)13-3-2-6-21(13)15(23)9-20-8-12(10-22)18-19-20/h4-5,7-8,13,22H,2-3,6,9-10H2,1H3,(H,16,17). The van der Waals surface area contributed by atoms with E-state index >= 15 is 0 Å². The number of carbonyl (C=O) groups is 1. The second-order valence-corrected chi connectivity index (χ2v) is 5.54. The van der Waals surface area contributed by atoms with Crippen molar-refractivity contribution in [3.63, 3.8) is 0 Å².